The first-order valence-electron chi connectivity index (χ1n) is 8.89. The zero-order valence-electron chi connectivity index (χ0n) is 16.1. The highest BCUT2D eigenvalue weighted by atomic mass is 16.5. The van der Waals surface area contributed by atoms with Crippen molar-refractivity contribution in [2.75, 3.05) is 26.1 Å². The molecule has 3 rings (SSSR count). The first-order chi connectivity index (χ1) is 14.1. The third-order valence-electron chi connectivity index (χ3n) is 4.25. The molecule has 0 atom stereocenters. The summed E-state index contributed by atoms with van der Waals surface area (Å²) in [4.78, 5) is 28.2. The Labute approximate surface area is 167 Å². The maximum atomic E-state index is 12.0. The molecule has 8 heteroatoms. The summed E-state index contributed by atoms with van der Waals surface area (Å²) >= 11 is 0. The van der Waals surface area contributed by atoms with Gasteiger partial charge in [-0.05, 0) is 18.2 Å². The van der Waals surface area contributed by atoms with E-state index in [4.69, 9.17) is 9.72 Å². The van der Waals surface area contributed by atoms with E-state index in [-0.39, 0.29) is 12.3 Å². The molecule has 0 saturated heterocycles. The second-order valence-corrected chi connectivity index (χ2v) is 6.08. The number of aliphatic hydroxyl groups is 1. The summed E-state index contributed by atoms with van der Waals surface area (Å²) in [7, 11) is 2.44. The fourth-order valence-electron chi connectivity index (χ4n) is 2.93. The predicted octanol–water partition coefficient (Wildman–Crippen LogP) is 2.34. The molecule has 3 aromatic rings. The van der Waals surface area contributed by atoms with Crippen LogP contribution in [0.2, 0.25) is 0 Å². The first kappa shape index (κ1) is 20.1. The summed E-state index contributed by atoms with van der Waals surface area (Å²) in [5, 5.41) is 12.3. The number of methoxy groups -OCH3 is 2. The molecule has 0 radical (unpaired) electrons. The Morgan fingerprint density at radius 3 is 2.55 bits per heavy atom. The van der Waals surface area contributed by atoms with Crippen LogP contribution in [-0.2, 0) is 25.6 Å². The highest BCUT2D eigenvalue weighted by Crippen LogP contribution is 2.27. The number of aliphatic hydroxyl groups excluding tert-OH is 1. The van der Waals surface area contributed by atoms with Gasteiger partial charge in [-0.2, -0.15) is 0 Å². The van der Waals surface area contributed by atoms with E-state index in [1.807, 2.05) is 41.0 Å². The van der Waals surface area contributed by atoms with E-state index >= 15 is 0 Å². The lowest BCUT2D eigenvalue weighted by Crippen LogP contribution is -2.15. The van der Waals surface area contributed by atoms with Gasteiger partial charge in [0.1, 0.15) is 11.5 Å². The van der Waals surface area contributed by atoms with Crippen molar-refractivity contribution >= 4 is 28.7 Å². The summed E-state index contributed by atoms with van der Waals surface area (Å²) in [5.41, 5.74) is 2.92. The Morgan fingerprint density at radius 2 is 1.90 bits per heavy atom. The van der Waals surface area contributed by atoms with Gasteiger partial charge in [0.2, 0.25) is 0 Å². The van der Waals surface area contributed by atoms with Crippen LogP contribution in [-0.4, -0.2) is 47.4 Å². The number of benzene rings is 2. The predicted molar refractivity (Wildman–Crippen MR) is 108 cm³/mol. The third-order valence-corrected chi connectivity index (χ3v) is 4.25. The van der Waals surface area contributed by atoms with Crippen molar-refractivity contribution in [3.8, 4) is 11.4 Å². The molecule has 0 bridgehead atoms. The van der Waals surface area contributed by atoms with Gasteiger partial charge >= 0.3 is 11.9 Å². The molecule has 0 aliphatic heterocycles. The van der Waals surface area contributed by atoms with Crippen LogP contribution in [0.15, 0.2) is 60.3 Å². The van der Waals surface area contributed by atoms with Crippen LogP contribution in [0.4, 0.5) is 5.69 Å². The van der Waals surface area contributed by atoms with Gasteiger partial charge in [0.15, 0.2) is 0 Å². The number of imidazole rings is 1. The zero-order chi connectivity index (χ0) is 20.8. The van der Waals surface area contributed by atoms with Gasteiger partial charge in [0.05, 0.1) is 37.9 Å². The molecule has 1 aromatic heterocycles. The summed E-state index contributed by atoms with van der Waals surface area (Å²) in [6.45, 7) is 0.364. The van der Waals surface area contributed by atoms with Crippen molar-refractivity contribution < 1.29 is 24.2 Å². The second kappa shape index (κ2) is 9.03. The van der Waals surface area contributed by atoms with Crippen LogP contribution < -0.4 is 5.32 Å². The Morgan fingerprint density at radius 1 is 1.14 bits per heavy atom. The van der Waals surface area contributed by atoms with Crippen LogP contribution in [0.1, 0.15) is 0 Å². The summed E-state index contributed by atoms with van der Waals surface area (Å²) in [6, 6.07) is 15.0. The van der Waals surface area contributed by atoms with E-state index in [0.717, 1.165) is 23.0 Å². The van der Waals surface area contributed by atoms with E-state index in [9.17, 15) is 14.7 Å². The van der Waals surface area contributed by atoms with E-state index < -0.39 is 11.9 Å². The molecule has 0 saturated carbocycles. The molecule has 0 amide bonds. The van der Waals surface area contributed by atoms with Gasteiger partial charge in [-0.25, -0.2) is 14.6 Å². The van der Waals surface area contributed by atoms with Gasteiger partial charge in [0.25, 0.3) is 0 Å². The van der Waals surface area contributed by atoms with Crippen molar-refractivity contribution in [1.82, 2.24) is 9.55 Å². The number of hydrogen-bond acceptors (Lipinski definition) is 7. The molecule has 8 nitrogen and oxygen atoms in total. The highest BCUT2D eigenvalue weighted by Gasteiger charge is 2.16. The van der Waals surface area contributed by atoms with Gasteiger partial charge in [-0.3, -0.25) is 0 Å². The molecule has 29 heavy (non-hydrogen) atoms. The number of nitrogens with one attached hydrogen (secondary N) is 1. The largest absolute Gasteiger partial charge is 0.466 e. The van der Waals surface area contributed by atoms with Crippen LogP contribution in [0.25, 0.3) is 22.4 Å². The number of carbonyl (C=O) groups is 2. The monoisotopic (exact) mass is 395 g/mol. The molecule has 0 unspecified atom stereocenters. The Kier molecular flexibility index (Phi) is 6.25. The topological polar surface area (TPSA) is 103 Å². The molecule has 0 aliphatic rings. The first-order valence-corrected chi connectivity index (χ1v) is 8.89. The zero-order valence-corrected chi connectivity index (χ0v) is 16.1. The van der Waals surface area contributed by atoms with Crippen LogP contribution in [0, 0.1) is 0 Å². The van der Waals surface area contributed by atoms with Crippen molar-refractivity contribution in [2.45, 2.75) is 6.54 Å². The standard InChI is InChI=1S/C21H21N3O5/c1-28-19(26)13-17(21(27)29-2)22-15-8-9-18-16(12-15)23-20(24(18)10-11-25)14-6-4-3-5-7-14/h3-9,12-13,22,25H,10-11H2,1-2H3/b17-13+. The molecular formula is C21H21N3O5. The lowest BCUT2D eigenvalue weighted by atomic mass is 10.2. The molecule has 2 N–H and O–H groups in total. The van der Waals surface area contributed by atoms with Gasteiger partial charge in [-0.1, -0.05) is 30.3 Å². The van der Waals surface area contributed by atoms with Crippen molar-refractivity contribution in [3.05, 3.63) is 60.3 Å². The second-order valence-electron chi connectivity index (χ2n) is 6.08. The van der Waals surface area contributed by atoms with Crippen LogP contribution in [0.3, 0.4) is 0 Å². The minimum Gasteiger partial charge on any atom is -0.466 e. The summed E-state index contributed by atoms with van der Waals surface area (Å²) < 4.78 is 11.2. The maximum absolute atomic E-state index is 12.0. The van der Waals surface area contributed by atoms with Crippen molar-refractivity contribution in [3.63, 3.8) is 0 Å². The minimum atomic E-state index is -0.703. The minimum absolute atomic E-state index is 0.0281. The molecule has 0 fully saturated rings. The maximum Gasteiger partial charge on any atom is 0.354 e. The smallest absolute Gasteiger partial charge is 0.354 e. The Hall–Kier alpha value is -3.65. The highest BCUT2D eigenvalue weighted by molar-refractivity contribution is 5.99. The third kappa shape index (κ3) is 4.44. The molecule has 150 valence electrons. The Bertz CT molecular complexity index is 1060. The van der Waals surface area contributed by atoms with Gasteiger partial charge in [-0.15, -0.1) is 0 Å². The number of aromatic nitrogens is 2. The lowest BCUT2D eigenvalue weighted by Gasteiger charge is -2.10. The molecule has 2 aromatic carbocycles. The Balaban J connectivity index is 2.02. The quantitative estimate of drug-likeness (QED) is 0.467. The van der Waals surface area contributed by atoms with E-state index in [1.54, 1.807) is 12.1 Å². The van der Waals surface area contributed by atoms with Crippen molar-refractivity contribution in [1.29, 1.82) is 0 Å². The fraction of sp³-hybridized carbons (Fsp3) is 0.190. The number of rotatable bonds is 7. The normalized spacial score (nSPS) is 11.3. The van der Waals surface area contributed by atoms with Gasteiger partial charge in [0, 0.05) is 17.8 Å². The van der Waals surface area contributed by atoms with E-state index in [2.05, 4.69) is 10.1 Å². The van der Waals surface area contributed by atoms with Crippen molar-refractivity contribution in [2.24, 2.45) is 0 Å². The molecule has 1 heterocycles. The van der Waals surface area contributed by atoms with Gasteiger partial charge < -0.3 is 24.5 Å². The number of fused-ring (bicyclic) bond motifs is 1. The molecule has 0 aliphatic carbocycles. The van der Waals surface area contributed by atoms with E-state index in [0.29, 0.717) is 17.7 Å². The number of anilines is 1. The average Bonchev–Trinajstić information content (AvgIpc) is 3.11. The number of hydrogen-bond donors (Lipinski definition) is 2. The van der Waals surface area contributed by atoms with Crippen LogP contribution in [0.5, 0.6) is 0 Å². The molecular weight excluding hydrogens is 374 g/mol. The number of carbonyl (C=O) groups excluding carboxylic acids is 2. The number of nitrogens with zero attached hydrogens (tertiary/aromatic N) is 2. The van der Waals surface area contributed by atoms with Crippen LogP contribution >= 0.6 is 0 Å². The average molecular weight is 395 g/mol. The SMILES string of the molecule is COC(=O)/C=C(/Nc1ccc2c(c1)nc(-c1ccccc1)n2CCO)C(=O)OC. The van der Waals surface area contributed by atoms with E-state index in [1.165, 1.54) is 14.2 Å². The summed E-state index contributed by atoms with van der Waals surface area (Å²) in [6.07, 6.45) is 1.02. The fourth-order valence-corrected chi connectivity index (χ4v) is 2.93. The lowest BCUT2D eigenvalue weighted by molar-refractivity contribution is -0.138. The number of ether oxygens (including phenoxy) is 2. The number of esters is 2. The molecule has 0 spiro atoms. The summed E-state index contributed by atoms with van der Waals surface area (Å²) in [5.74, 6) is -0.658.